The van der Waals surface area contributed by atoms with Crippen LogP contribution in [0.1, 0.15) is 5.82 Å². The predicted octanol–water partition coefficient (Wildman–Crippen LogP) is 2.83. The zero-order valence-corrected chi connectivity index (χ0v) is 14.1. The van der Waals surface area contributed by atoms with Gasteiger partial charge in [0, 0.05) is 6.54 Å². The van der Waals surface area contributed by atoms with Crippen LogP contribution < -0.4 is 4.74 Å². The van der Waals surface area contributed by atoms with Crippen LogP contribution in [0, 0.1) is 0 Å². The number of aromatic nitrogens is 4. The van der Waals surface area contributed by atoms with E-state index in [2.05, 4.69) is 20.4 Å². The number of halogens is 1. The highest BCUT2D eigenvalue weighted by Crippen LogP contribution is 2.22. The largest absolute Gasteiger partial charge is 0.491 e. The minimum absolute atomic E-state index is 0.535. The van der Waals surface area contributed by atoms with Gasteiger partial charge in [-0.05, 0) is 41.7 Å². The minimum Gasteiger partial charge on any atom is -0.491 e. The maximum atomic E-state index is 6.07. The summed E-state index contributed by atoms with van der Waals surface area (Å²) in [5, 5.41) is 12.6. The van der Waals surface area contributed by atoms with Crippen molar-refractivity contribution in [2.75, 3.05) is 20.2 Å². The SMILES string of the molecule is CN(CCOc1ccccc1Cl)Cc1nnnn1-c1ccccc1. The van der Waals surface area contributed by atoms with E-state index in [0.717, 1.165) is 18.1 Å². The molecule has 0 N–H and O–H groups in total. The summed E-state index contributed by atoms with van der Waals surface area (Å²) in [7, 11) is 2.00. The number of hydrogen-bond donors (Lipinski definition) is 0. The van der Waals surface area contributed by atoms with Gasteiger partial charge in [-0.15, -0.1) is 5.10 Å². The van der Waals surface area contributed by atoms with Gasteiger partial charge in [-0.25, -0.2) is 0 Å². The highest BCUT2D eigenvalue weighted by atomic mass is 35.5. The second-order valence-corrected chi connectivity index (χ2v) is 5.77. The van der Waals surface area contributed by atoms with Crippen molar-refractivity contribution in [3.05, 3.63) is 65.4 Å². The van der Waals surface area contributed by atoms with Gasteiger partial charge in [0.25, 0.3) is 0 Å². The van der Waals surface area contributed by atoms with Crippen molar-refractivity contribution in [3.63, 3.8) is 0 Å². The van der Waals surface area contributed by atoms with Crippen LogP contribution in [-0.2, 0) is 6.54 Å². The van der Waals surface area contributed by atoms with Crippen molar-refractivity contribution in [1.82, 2.24) is 25.1 Å². The van der Waals surface area contributed by atoms with Crippen LogP contribution in [0.15, 0.2) is 54.6 Å². The molecule has 0 spiro atoms. The Labute approximate surface area is 145 Å². The van der Waals surface area contributed by atoms with Gasteiger partial charge in [-0.2, -0.15) is 4.68 Å². The fourth-order valence-corrected chi connectivity index (χ4v) is 2.46. The molecule has 6 nitrogen and oxygen atoms in total. The van der Waals surface area contributed by atoms with Gasteiger partial charge >= 0.3 is 0 Å². The molecule has 24 heavy (non-hydrogen) atoms. The number of ether oxygens (including phenoxy) is 1. The third kappa shape index (κ3) is 4.10. The van der Waals surface area contributed by atoms with E-state index in [4.69, 9.17) is 16.3 Å². The summed E-state index contributed by atoms with van der Waals surface area (Å²) in [6.07, 6.45) is 0. The smallest absolute Gasteiger partial charge is 0.170 e. The molecule has 0 radical (unpaired) electrons. The second-order valence-electron chi connectivity index (χ2n) is 5.36. The van der Waals surface area contributed by atoms with Crippen molar-refractivity contribution < 1.29 is 4.74 Å². The van der Waals surface area contributed by atoms with Crippen LogP contribution >= 0.6 is 11.6 Å². The number of likely N-dealkylation sites (N-methyl/N-ethyl adjacent to an activating group) is 1. The Hall–Kier alpha value is -2.44. The van der Waals surface area contributed by atoms with Crippen LogP contribution in [0.25, 0.3) is 5.69 Å². The molecule has 0 aliphatic carbocycles. The first-order chi connectivity index (χ1) is 11.7. The van der Waals surface area contributed by atoms with Gasteiger partial charge in [0.15, 0.2) is 5.82 Å². The van der Waals surface area contributed by atoms with Crippen molar-refractivity contribution in [1.29, 1.82) is 0 Å². The minimum atomic E-state index is 0.535. The molecule has 7 heteroatoms. The van der Waals surface area contributed by atoms with Crippen LogP contribution in [-0.4, -0.2) is 45.3 Å². The number of para-hydroxylation sites is 2. The molecule has 124 valence electrons. The summed E-state index contributed by atoms with van der Waals surface area (Å²) < 4.78 is 7.45. The van der Waals surface area contributed by atoms with E-state index in [1.165, 1.54) is 0 Å². The van der Waals surface area contributed by atoms with E-state index in [-0.39, 0.29) is 0 Å². The summed E-state index contributed by atoms with van der Waals surface area (Å²) in [5.41, 5.74) is 0.943. The average molecular weight is 344 g/mol. The molecule has 1 aromatic heterocycles. The highest BCUT2D eigenvalue weighted by molar-refractivity contribution is 6.32. The molecule has 0 saturated heterocycles. The molecule has 0 aliphatic heterocycles. The van der Waals surface area contributed by atoms with E-state index in [9.17, 15) is 0 Å². The van der Waals surface area contributed by atoms with E-state index in [1.807, 2.05) is 61.6 Å². The Bertz CT molecular complexity index is 777. The maximum Gasteiger partial charge on any atom is 0.170 e. The highest BCUT2D eigenvalue weighted by Gasteiger charge is 2.11. The van der Waals surface area contributed by atoms with Crippen LogP contribution in [0.4, 0.5) is 0 Å². The first kappa shape index (κ1) is 16.4. The van der Waals surface area contributed by atoms with E-state index in [0.29, 0.717) is 23.9 Å². The Morgan fingerprint density at radius 3 is 2.62 bits per heavy atom. The third-order valence-corrected chi connectivity index (χ3v) is 3.83. The fraction of sp³-hybridized carbons (Fsp3) is 0.235. The topological polar surface area (TPSA) is 56.1 Å². The molecule has 3 rings (SSSR count). The number of nitrogens with zero attached hydrogens (tertiary/aromatic N) is 5. The standard InChI is InChI=1S/C17H18ClN5O/c1-22(11-12-24-16-10-6-5-9-15(16)18)13-17-19-20-21-23(17)14-7-3-2-4-8-14/h2-10H,11-13H2,1H3. The molecule has 0 unspecified atom stereocenters. The molecule has 1 heterocycles. The van der Waals surface area contributed by atoms with Crippen LogP contribution in [0.2, 0.25) is 5.02 Å². The lowest BCUT2D eigenvalue weighted by Gasteiger charge is -2.16. The lowest BCUT2D eigenvalue weighted by atomic mass is 10.3. The number of rotatable bonds is 7. The normalized spacial score (nSPS) is 11.0. The van der Waals surface area contributed by atoms with Crippen molar-refractivity contribution >= 4 is 11.6 Å². The van der Waals surface area contributed by atoms with E-state index >= 15 is 0 Å². The van der Waals surface area contributed by atoms with Crippen LogP contribution in [0.5, 0.6) is 5.75 Å². The van der Waals surface area contributed by atoms with Crippen LogP contribution in [0.3, 0.4) is 0 Å². The summed E-state index contributed by atoms with van der Waals surface area (Å²) in [6.45, 7) is 1.88. The molecule has 0 saturated carbocycles. The fourth-order valence-electron chi connectivity index (χ4n) is 2.27. The van der Waals surface area contributed by atoms with E-state index < -0.39 is 0 Å². The van der Waals surface area contributed by atoms with Gasteiger partial charge in [0.1, 0.15) is 12.4 Å². The molecular formula is C17H18ClN5O. The van der Waals surface area contributed by atoms with Crippen molar-refractivity contribution in [2.24, 2.45) is 0 Å². The molecule has 0 atom stereocenters. The summed E-state index contributed by atoms with van der Waals surface area (Å²) in [5.74, 6) is 1.48. The number of hydrogen-bond acceptors (Lipinski definition) is 5. The van der Waals surface area contributed by atoms with E-state index in [1.54, 1.807) is 4.68 Å². The molecule has 3 aromatic rings. The summed E-state index contributed by atoms with van der Waals surface area (Å²) in [6, 6.07) is 17.3. The van der Waals surface area contributed by atoms with Gasteiger partial charge in [-0.3, -0.25) is 4.90 Å². The zero-order chi connectivity index (χ0) is 16.8. The van der Waals surface area contributed by atoms with Gasteiger partial charge in [-0.1, -0.05) is 41.9 Å². The number of tetrazole rings is 1. The average Bonchev–Trinajstić information content (AvgIpc) is 3.05. The Morgan fingerprint density at radius 2 is 1.83 bits per heavy atom. The van der Waals surface area contributed by atoms with Gasteiger partial charge < -0.3 is 4.74 Å². The lowest BCUT2D eigenvalue weighted by molar-refractivity contribution is 0.229. The molecule has 2 aromatic carbocycles. The number of benzene rings is 2. The molecule has 0 fully saturated rings. The van der Waals surface area contributed by atoms with Gasteiger partial charge in [0.2, 0.25) is 0 Å². The quantitative estimate of drug-likeness (QED) is 0.660. The predicted molar refractivity (Wildman–Crippen MR) is 92.4 cm³/mol. The van der Waals surface area contributed by atoms with Crippen molar-refractivity contribution in [3.8, 4) is 11.4 Å². The maximum absolute atomic E-state index is 6.07. The Morgan fingerprint density at radius 1 is 1.08 bits per heavy atom. The molecule has 0 bridgehead atoms. The molecular weight excluding hydrogens is 326 g/mol. The first-order valence-electron chi connectivity index (χ1n) is 7.62. The third-order valence-electron chi connectivity index (χ3n) is 3.51. The lowest BCUT2D eigenvalue weighted by Crippen LogP contribution is -2.25. The monoisotopic (exact) mass is 343 g/mol. The molecule has 0 amide bonds. The first-order valence-corrected chi connectivity index (χ1v) is 8.00. The molecule has 0 aliphatic rings. The Balaban J connectivity index is 1.55. The van der Waals surface area contributed by atoms with Crippen molar-refractivity contribution in [2.45, 2.75) is 6.54 Å². The summed E-state index contributed by atoms with van der Waals surface area (Å²) >= 11 is 6.07. The summed E-state index contributed by atoms with van der Waals surface area (Å²) in [4.78, 5) is 2.10. The second kappa shape index (κ2) is 7.90. The Kier molecular flexibility index (Phi) is 5.40. The van der Waals surface area contributed by atoms with Gasteiger partial charge in [0.05, 0.1) is 17.3 Å². The zero-order valence-electron chi connectivity index (χ0n) is 13.3.